The molecule has 0 saturated carbocycles. The summed E-state index contributed by atoms with van der Waals surface area (Å²) in [5, 5.41) is 6.29. The summed E-state index contributed by atoms with van der Waals surface area (Å²) in [6.45, 7) is 1.94. The molecule has 1 fully saturated rings. The molecule has 35 heavy (non-hydrogen) atoms. The molecule has 0 aliphatic carbocycles. The molecule has 180 valence electrons. The third-order valence-corrected chi connectivity index (χ3v) is 6.60. The van der Waals surface area contributed by atoms with E-state index in [0.29, 0.717) is 28.3 Å². The van der Waals surface area contributed by atoms with Crippen molar-refractivity contribution in [2.24, 2.45) is 0 Å². The molecule has 8 nitrogen and oxygen atoms in total. The number of fused-ring (bicyclic) bond motifs is 1. The number of piperidine rings is 1. The summed E-state index contributed by atoms with van der Waals surface area (Å²) in [5.74, 6) is 0.454. The van der Waals surface area contributed by atoms with E-state index in [1.807, 2.05) is 24.3 Å². The number of nitrogens with one attached hydrogen (secondary N) is 2. The summed E-state index contributed by atoms with van der Waals surface area (Å²) in [6, 6.07) is 6.80. The molecule has 9 heteroatoms. The maximum atomic E-state index is 15.1. The van der Waals surface area contributed by atoms with Crippen molar-refractivity contribution in [3.05, 3.63) is 65.4 Å². The zero-order chi connectivity index (χ0) is 24.4. The number of hydrogen-bond acceptors (Lipinski definition) is 8. The average molecular weight is 475 g/mol. The number of hydrogen-bond donors (Lipinski definition) is 2. The van der Waals surface area contributed by atoms with Crippen LogP contribution in [-0.2, 0) is 4.79 Å². The van der Waals surface area contributed by atoms with Crippen LogP contribution in [0, 0.1) is 5.82 Å². The van der Waals surface area contributed by atoms with Crippen molar-refractivity contribution >= 4 is 23.9 Å². The van der Waals surface area contributed by atoms with Crippen LogP contribution in [-0.4, -0.2) is 53.4 Å². The van der Waals surface area contributed by atoms with E-state index < -0.39 is 6.04 Å². The van der Waals surface area contributed by atoms with Crippen molar-refractivity contribution in [2.45, 2.75) is 24.8 Å². The number of carbonyl (C=O) groups is 1. The monoisotopic (exact) mass is 474 g/mol. The molecule has 2 aliphatic rings. The molecular formula is C26H27FN6O2. The number of anilines is 2. The van der Waals surface area contributed by atoms with E-state index in [1.165, 1.54) is 13.2 Å². The third kappa shape index (κ3) is 4.72. The highest BCUT2D eigenvalue weighted by atomic mass is 19.1. The molecule has 2 aromatic heterocycles. The van der Waals surface area contributed by atoms with Gasteiger partial charge in [-0.15, -0.1) is 0 Å². The molecule has 0 spiro atoms. The molecule has 1 saturated heterocycles. The first-order chi connectivity index (χ1) is 17.1. The van der Waals surface area contributed by atoms with Crippen molar-refractivity contribution in [1.29, 1.82) is 0 Å². The van der Waals surface area contributed by atoms with Crippen LogP contribution < -0.4 is 15.4 Å². The first-order valence-corrected chi connectivity index (χ1v) is 11.6. The van der Waals surface area contributed by atoms with Gasteiger partial charge in [0.15, 0.2) is 0 Å². The number of aromatic nitrogens is 3. The normalized spacial score (nSPS) is 18.0. The molecule has 0 radical (unpaired) electrons. The Kier molecular flexibility index (Phi) is 6.41. The maximum Gasteiger partial charge on any atom is 0.316 e. The number of ether oxygens (including phenoxy) is 1. The molecule has 5 rings (SSSR count). The van der Waals surface area contributed by atoms with E-state index in [9.17, 15) is 4.79 Å². The minimum atomic E-state index is -0.575. The number of methoxy groups -OCH3 is 1. The van der Waals surface area contributed by atoms with Crippen LogP contribution in [0.5, 0.6) is 6.01 Å². The van der Waals surface area contributed by atoms with Crippen LogP contribution in [0.2, 0.25) is 0 Å². The lowest BCUT2D eigenvalue weighted by Gasteiger charge is -2.29. The van der Waals surface area contributed by atoms with Gasteiger partial charge in [0.2, 0.25) is 0 Å². The standard InChI is InChI=1S/C26H27FN6O2/c1-33-9-6-16(7-10-33)20-4-3-19(12-21(20)27)31-25-24-17(5-8-28-23(24)15-34)11-22(32-25)18-13-29-26(35-2)30-14-18/h3-5,8,11-16,23,28H,6-7,9-10H2,1-2H3,(H,31,32). The van der Waals surface area contributed by atoms with Gasteiger partial charge in [-0.05, 0) is 80.5 Å². The molecule has 1 aromatic carbocycles. The van der Waals surface area contributed by atoms with Crippen LogP contribution >= 0.6 is 0 Å². The Morgan fingerprint density at radius 2 is 1.97 bits per heavy atom. The van der Waals surface area contributed by atoms with Gasteiger partial charge in [-0.2, -0.15) is 0 Å². The second-order valence-corrected chi connectivity index (χ2v) is 8.87. The molecule has 1 unspecified atom stereocenters. The van der Waals surface area contributed by atoms with Crippen LogP contribution in [0.3, 0.4) is 0 Å². The number of carbonyl (C=O) groups excluding carboxylic acids is 1. The highest BCUT2D eigenvalue weighted by molar-refractivity contribution is 5.79. The zero-order valence-corrected chi connectivity index (χ0v) is 19.7. The SMILES string of the molecule is COc1ncc(-c2cc3c(c(Nc4ccc(C5CCN(C)CC5)c(F)c4)n2)C(C=O)NC=C3)cn1. The maximum absolute atomic E-state index is 15.1. The quantitative estimate of drug-likeness (QED) is 0.517. The summed E-state index contributed by atoms with van der Waals surface area (Å²) in [5.41, 5.74) is 4.14. The molecule has 2 aliphatic heterocycles. The van der Waals surface area contributed by atoms with E-state index in [4.69, 9.17) is 9.72 Å². The van der Waals surface area contributed by atoms with Gasteiger partial charge in [0, 0.05) is 29.2 Å². The molecule has 4 heterocycles. The molecule has 0 amide bonds. The summed E-state index contributed by atoms with van der Waals surface area (Å²) in [4.78, 5) is 27.2. The number of pyridine rings is 1. The number of halogens is 1. The Balaban J connectivity index is 1.50. The highest BCUT2D eigenvalue weighted by Gasteiger charge is 2.24. The molecule has 2 N–H and O–H groups in total. The Bertz CT molecular complexity index is 1260. The van der Waals surface area contributed by atoms with Gasteiger partial charge in [-0.3, -0.25) is 0 Å². The van der Waals surface area contributed by atoms with Gasteiger partial charge in [0.25, 0.3) is 0 Å². The Hall–Kier alpha value is -3.85. The van der Waals surface area contributed by atoms with Gasteiger partial charge < -0.3 is 25.1 Å². The average Bonchev–Trinajstić information content (AvgIpc) is 2.89. The summed E-state index contributed by atoms with van der Waals surface area (Å²) >= 11 is 0. The van der Waals surface area contributed by atoms with E-state index in [-0.39, 0.29) is 17.7 Å². The number of aldehydes is 1. The number of rotatable bonds is 6. The Morgan fingerprint density at radius 1 is 1.20 bits per heavy atom. The van der Waals surface area contributed by atoms with Gasteiger partial charge in [-0.1, -0.05) is 6.07 Å². The molecule has 3 aromatic rings. The van der Waals surface area contributed by atoms with Crippen molar-refractivity contribution in [3.8, 4) is 17.3 Å². The van der Waals surface area contributed by atoms with Crippen LogP contribution in [0.25, 0.3) is 17.3 Å². The summed E-state index contributed by atoms with van der Waals surface area (Å²) in [7, 11) is 3.60. The van der Waals surface area contributed by atoms with Crippen molar-refractivity contribution in [1.82, 2.24) is 25.2 Å². The van der Waals surface area contributed by atoms with Gasteiger partial charge in [0.1, 0.15) is 24.0 Å². The number of nitrogens with zero attached hydrogens (tertiary/aromatic N) is 4. The first kappa shape index (κ1) is 22.9. The van der Waals surface area contributed by atoms with Gasteiger partial charge in [0.05, 0.1) is 12.8 Å². The van der Waals surface area contributed by atoms with Crippen LogP contribution in [0.15, 0.2) is 42.9 Å². The van der Waals surface area contributed by atoms with Crippen molar-refractivity contribution in [2.75, 3.05) is 32.6 Å². The van der Waals surface area contributed by atoms with Crippen molar-refractivity contribution in [3.63, 3.8) is 0 Å². The minimum absolute atomic E-state index is 0.221. The first-order valence-electron chi connectivity index (χ1n) is 11.6. The largest absolute Gasteiger partial charge is 0.467 e. The number of likely N-dealkylation sites (tertiary alicyclic amines) is 1. The Morgan fingerprint density at radius 3 is 2.66 bits per heavy atom. The van der Waals surface area contributed by atoms with Crippen LogP contribution in [0.4, 0.5) is 15.9 Å². The second-order valence-electron chi connectivity index (χ2n) is 8.87. The highest BCUT2D eigenvalue weighted by Crippen LogP contribution is 2.35. The lowest BCUT2D eigenvalue weighted by atomic mass is 9.89. The lowest BCUT2D eigenvalue weighted by Crippen LogP contribution is -2.29. The fourth-order valence-electron chi connectivity index (χ4n) is 4.66. The summed E-state index contributed by atoms with van der Waals surface area (Å²) < 4.78 is 20.2. The van der Waals surface area contributed by atoms with Gasteiger partial charge in [-0.25, -0.2) is 19.3 Å². The zero-order valence-electron chi connectivity index (χ0n) is 19.7. The molecule has 0 bridgehead atoms. The molecule has 1 atom stereocenters. The topological polar surface area (TPSA) is 92.3 Å². The second kappa shape index (κ2) is 9.79. The molecular weight excluding hydrogens is 447 g/mol. The predicted molar refractivity (Wildman–Crippen MR) is 132 cm³/mol. The minimum Gasteiger partial charge on any atom is -0.467 e. The van der Waals surface area contributed by atoms with E-state index >= 15 is 4.39 Å². The van der Waals surface area contributed by atoms with E-state index in [2.05, 4.69) is 32.5 Å². The lowest BCUT2D eigenvalue weighted by molar-refractivity contribution is -0.109. The van der Waals surface area contributed by atoms with Crippen LogP contribution in [0.1, 0.15) is 41.5 Å². The van der Waals surface area contributed by atoms with E-state index in [1.54, 1.807) is 18.6 Å². The Labute approximate surface area is 203 Å². The number of benzene rings is 1. The third-order valence-electron chi connectivity index (χ3n) is 6.60. The predicted octanol–water partition coefficient (Wildman–Crippen LogP) is 4.05. The summed E-state index contributed by atoms with van der Waals surface area (Å²) in [6.07, 6.45) is 9.58. The van der Waals surface area contributed by atoms with E-state index in [0.717, 1.165) is 43.3 Å². The fourth-order valence-corrected chi connectivity index (χ4v) is 4.66. The fraction of sp³-hybridized carbons (Fsp3) is 0.308. The van der Waals surface area contributed by atoms with Crippen molar-refractivity contribution < 1.29 is 13.9 Å². The smallest absolute Gasteiger partial charge is 0.316 e. The van der Waals surface area contributed by atoms with Gasteiger partial charge >= 0.3 is 6.01 Å².